The van der Waals surface area contributed by atoms with E-state index in [0.29, 0.717) is 19.5 Å². The molecule has 1 aromatic carbocycles. The number of halogens is 1. The van der Waals surface area contributed by atoms with Crippen LogP contribution in [0.4, 0.5) is 9.18 Å². The molecule has 1 aromatic rings. The minimum atomic E-state index is -0.549. The first-order valence-corrected chi connectivity index (χ1v) is 8.07. The highest BCUT2D eigenvalue weighted by atomic mass is 19.1. The summed E-state index contributed by atoms with van der Waals surface area (Å²) >= 11 is 0. The minimum Gasteiger partial charge on any atom is -0.444 e. The first-order valence-electron chi connectivity index (χ1n) is 8.07. The van der Waals surface area contributed by atoms with Crippen molar-refractivity contribution in [2.75, 3.05) is 13.1 Å². The Hall–Kier alpha value is -1.62. The molecule has 1 aliphatic heterocycles. The van der Waals surface area contributed by atoms with Crippen molar-refractivity contribution in [2.24, 2.45) is 5.92 Å². The SMILES string of the molecule is Cc1cc(F)ccc1CC(O)C1CCN(C(=O)OC(C)(C)C)C1. The highest BCUT2D eigenvalue weighted by Crippen LogP contribution is 2.25. The summed E-state index contributed by atoms with van der Waals surface area (Å²) in [6.45, 7) is 8.45. The summed E-state index contributed by atoms with van der Waals surface area (Å²) in [6, 6.07) is 4.61. The molecule has 4 nitrogen and oxygen atoms in total. The quantitative estimate of drug-likeness (QED) is 0.928. The molecule has 0 aliphatic carbocycles. The Morgan fingerprint density at radius 1 is 1.48 bits per heavy atom. The van der Waals surface area contributed by atoms with Gasteiger partial charge >= 0.3 is 6.09 Å². The zero-order chi connectivity index (χ0) is 17.2. The fraction of sp³-hybridized carbons (Fsp3) is 0.611. The fourth-order valence-corrected chi connectivity index (χ4v) is 2.87. The zero-order valence-corrected chi connectivity index (χ0v) is 14.3. The van der Waals surface area contributed by atoms with Crippen molar-refractivity contribution in [1.82, 2.24) is 4.90 Å². The van der Waals surface area contributed by atoms with Crippen LogP contribution in [-0.4, -0.2) is 40.9 Å². The maximum Gasteiger partial charge on any atom is 0.410 e. The van der Waals surface area contributed by atoms with Crippen molar-refractivity contribution in [2.45, 2.75) is 52.2 Å². The van der Waals surface area contributed by atoms with Gasteiger partial charge in [-0.15, -0.1) is 0 Å². The maximum atomic E-state index is 13.1. The molecule has 1 saturated heterocycles. The number of carbonyl (C=O) groups is 1. The molecule has 2 atom stereocenters. The van der Waals surface area contributed by atoms with Crippen LogP contribution in [0.1, 0.15) is 38.3 Å². The zero-order valence-electron chi connectivity index (χ0n) is 14.3. The summed E-state index contributed by atoms with van der Waals surface area (Å²) < 4.78 is 18.5. The van der Waals surface area contributed by atoms with Gasteiger partial charge in [-0.3, -0.25) is 0 Å². The first-order chi connectivity index (χ1) is 10.7. The number of rotatable bonds is 3. The monoisotopic (exact) mass is 323 g/mol. The molecule has 0 saturated carbocycles. The molecule has 128 valence electrons. The van der Waals surface area contributed by atoms with E-state index in [1.807, 2.05) is 27.7 Å². The number of hydrogen-bond donors (Lipinski definition) is 1. The lowest BCUT2D eigenvalue weighted by molar-refractivity contribution is 0.0269. The van der Waals surface area contributed by atoms with Gasteiger partial charge < -0.3 is 14.7 Å². The van der Waals surface area contributed by atoms with Crippen LogP contribution in [0.5, 0.6) is 0 Å². The van der Waals surface area contributed by atoms with Crippen LogP contribution in [0.3, 0.4) is 0 Å². The van der Waals surface area contributed by atoms with Crippen molar-refractivity contribution >= 4 is 6.09 Å². The third-order valence-electron chi connectivity index (χ3n) is 4.15. The molecule has 0 bridgehead atoms. The second-order valence-corrected chi connectivity index (χ2v) is 7.32. The van der Waals surface area contributed by atoms with Crippen LogP contribution >= 0.6 is 0 Å². The topological polar surface area (TPSA) is 49.8 Å². The third kappa shape index (κ3) is 4.93. The molecule has 1 aliphatic rings. The van der Waals surface area contributed by atoms with Crippen LogP contribution < -0.4 is 0 Å². The normalized spacial score (nSPS) is 19.7. The molecule has 1 fully saturated rings. The summed E-state index contributed by atoms with van der Waals surface area (Å²) in [5.41, 5.74) is 1.26. The van der Waals surface area contributed by atoms with Gasteiger partial charge in [0.15, 0.2) is 0 Å². The summed E-state index contributed by atoms with van der Waals surface area (Å²) in [5, 5.41) is 10.5. The third-order valence-corrected chi connectivity index (χ3v) is 4.15. The highest BCUT2D eigenvalue weighted by molar-refractivity contribution is 5.68. The number of ether oxygens (including phenoxy) is 1. The molecule has 1 N–H and O–H groups in total. The molecule has 1 amide bonds. The Bertz CT molecular complexity index is 568. The van der Waals surface area contributed by atoms with Gasteiger partial charge in [-0.2, -0.15) is 0 Å². The highest BCUT2D eigenvalue weighted by Gasteiger charge is 2.33. The van der Waals surface area contributed by atoms with Crippen LogP contribution in [0, 0.1) is 18.7 Å². The van der Waals surface area contributed by atoms with E-state index in [0.717, 1.165) is 17.5 Å². The molecule has 0 spiro atoms. The summed E-state index contributed by atoms with van der Waals surface area (Å²) in [6.07, 6.45) is 0.344. The van der Waals surface area contributed by atoms with Crippen LogP contribution in [0.2, 0.25) is 0 Å². The van der Waals surface area contributed by atoms with Gasteiger partial charge in [0.25, 0.3) is 0 Å². The van der Waals surface area contributed by atoms with Crippen LogP contribution in [0.15, 0.2) is 18.2 Å². The standard InChI is InChI=1S/C18H26FNO3/c1-12-9-15(19)6-5-13(12)10-16(21)14-7-8-20(11-14)17(22)23-18(2,3)4/h5-6,9,14,16,21H,7-8,10-11H2,1-4H3. The molecule has 2 unspecified atom stereocenters. The smallest absolute Gasteiger partial charge is 0.410 e. The number of aliphatic hydroxyl groups excluding tert-OH is 1. The molecule has 1 heterocycles. The number of hydrogen-bond acceptors (Lipinski definition) is 3. The summed E-state index contributed by atoms with van der Waals surface area (Å²) in [4.78, 5) is 13.7. The van der Waals surface area contributed by atoms with Gasteiger partial charge in [-0.05, 0) is 63.8 Å². The van der Waals surface area contributed by atoms with E-state index in [1.165, 1.54) is 12.1 Å². The van der Waals surface area contributed by atoms with Crippen molar-refractivity contribution in [1.29, 1.82) is 0 Å². The Balaban J connectivity index is 1.92. The molecule has 23 heavy (non-hydrogen) atoms. The lowest BCUT2D eigenvalue weighted by Gasteiger charge is -2.25. The van der Waals surface area contributed by atoms with Gasteiger partial charge in [0.2, 0.25) is 0 Å². The lowest BCUT2D eigenvalue weighted by Crippen LogP contribution is -2.36. The van der Waals surface area contributed by atoms with E-state index >= 15 is 0 Å². The Kier molecular flexibility index (Phi) is 5.30. The largest absolute Gasteiger partial charge is 0.444 e. The van der Waals surface area contributed by atoms with E-state index < -0.39 is 11.7 Å². The Labute approximate surface area is 137 Å². The van der Waals surface area contributed by atoms with E-state index in [9.17, 15) is 14.3 Å². The number of benzene rings is 1. The van der Waals surface area contributed by atoms with Crippen molar-refractivity contribution in [3.8, 4) is 0 Å². The second kappa shape index (κ2) is 6.87. The Morgan fingerprint density at radius 2 is 2.17 bits per heavy atom. The molecule has 0 radical (unpaired) electrons. The maximum absolute atomic E-state index is 13.1. The predicted octanol–water partition coefficient (Wildman–Crippen LogP) is 3.29. The molecule has 5 heteroatoms. The van der Waals surface area contributed by atoms with Gasteiger partial charge in [-0.1, -0.05) is 6.07 Å². The van der Waals surface area contributed by atoms with Gasteiger partial charge in [0, 0.05) is 19.0 Å². The van der Waals surface area contributed by atoms with Crippen LogP contribution in [0.25, 0.3) is 0 Å². The van der Waals surface area contributed by atoms with Crippen molar-refractivity contribution < 1.29 is 19.0 Å². The van der Waals surface area contributed by atoms with E-state index in [-0.39, 0.29) is 17.8 Å². The lowest BCUT2D eigenvalue weighted by atomic mass is 9.93. The summed E-state index contributed by atoms with van der Waals surface area (Å²) in [5.74, 6) is -0.246. The molecule has 0 aromatic heterocycles. The fourth-order valence-electron chi connectivity index (χ4n) is 2.87. The van der Waals surface area contributed by atoms with Crippen molar-refractivity contribution in [3.05, 3.63) is 35.1 Å². The molecular weight excluding hydrogens is 297 g/mol. The first kappa shape index (κ1) is 17.7. The van der Waals surface area contributed by atoms with E-state index in [4.69, 9.17) is 4.74 Å². The second-order valence-electron chi connectivity index (χ2n) is 7.32. The number of carbonyl (C=O) groups excluding carboxylic acids is 1. The predicted molar refractivity (Wildman–Crippen MR) is 86.8 cm³/mol. The molecular formula is C18H26FNO3. The number of aliphatic hydroxyl groups is 1. The van der Waals surface area contributed by atoms with Crippen molar-refractivity contribution in [3.63, 3.8) is 0 Å². The minimum absolute atomic E-state index is 0.0203. The van der Waals surface area contributed by atoms with Gasteiger partial charge in [-0.25, -0.2) is 9.18 Å². The van der Waals surface area contributed by atoms with Crippen LogP contribution in [-0.2, 0) is 11.2 Å². The van der Waals surface area contributed by atoms with Gasteiger partial charge in [0.1, 0.15) is 11.4 Å². The Morgan fingerprint density at radius 3 is 2.78 bits per heavy atom. The number of nitrogens with zero attached hydrogens (tertiary/aromatic N) is 1. The average molecular weight is 323 g/mol. The molecule has 2 rings (SSSR count). The number of likely N-dealkylation sites (tertiary alicyclic amines) is 1. The summed E-state index contributed by atoms with van der Waals surface area (Å²) in [7, 11) is 0. The van der Waals surface area contributed by atoms with E-state index in [2.05, 4.69) is 0 Å². The van der Waals surface area contributed by atoms with E-state index in [1.54, 1.807) is 11.0 Å². The average Bonchev–Trinajstić information content (AvgIpc) is 2.90. The van der Waals surface area contributed by atoms with Gasteiger partial charge in [0.05, 0.1) is 6.10 Å². The number of aryl methyl sites for hydroxylation is 1. The number of amides is 1.